The number of nitrogens with zero attached hydrogens (tertiary/aromatic N) is 2. The summed E-state index contributed by atoms with van der Waals surface area (Å²) in [5.74, 6) is -0.719. The van der Waals surface area contributed by atoms with Crippen LogP contribution in [0.4, 0.5) is 9.52 Å². The SMILES string of the molecule is CON(C)S(=O)(=O)c1ccc(C(=O)Nc2ncc(Cc3cccc(F)c3)s2)cc1. The molecule has 10 heteroatoms. The maximum absolute atomic E-state index is 13.3. The van der Waals surface area contributed by atoms with E-state index in [0.29, 0.717) is 11.6 Å². The van der Waals surface area contributed by atoms with Gasteiger partial charge in [-0.3, -0.25) is 14.9 Å². The summed E-state index contributed by atoms with van der Waals surface area (Å²) in [5.41, 5.74) is 1.09. The Morgan fingerprint density at radius 2 is 1.97 bits per heavy atom. The van der Waals surface area contributed by atoms with Crippen LogP contribution in [0.25, 0.3) is 0 Å². The minimum atomic E-state index is -3.78. The van der Waals surface area contributed by atoms with Gasteiger partial charge >= 0.3 is 0 Å². The van der Waals surface area contributed by atoms with Crippen molar-refractivity contribution in [2.24, 2.45) is 0 Å². The Morgan fingerprint density at radius 3 is 2.62 bits per heavy atom. The van der Waals surface area contributed by atoms with Crippen LogP contribution in [0, 0.1) is 5.82 Å². The number of carbonyl (C=O) groups excluding carboxylic acids is 1. The fourth-order valence-electron chi connectivity index (χ4n) is 2.49. The van der Waals surface area contributed by atoms with Crippen molar-refractivity contribution in [2.75, 3.05) is 19.5 Å². The van der Waals surface area contributed by atoms with Crippen LogP contribution in [0.2, 0.25) is 0 Å². The van der Waals surface area contributed by atoms with Crippen LogP contribution in [0.3, 0.4) is 0 Å². The number of carbonyl (C=O) groups is 1. The van der Waals surface area contributed by atoms with E-state index in [0.717, 1.165) is 14.9 Å². The highest BCUT2D eigenvalue weighted by Crippen LogP contribution is 2.22. The number of thiazole rings is 1. The molecular formula is C19H18FN3O4S2. The van der Waals surface area contributed by atoms with Gasteiger partial charge in [0.1, 0.15) is 5.82 Å². The Hall–Kier alpha value is -2.66. The van der Waals surface area contributed by atoms with Gasteiger partial charge in [-0.25, -0.2) is 17.8 Å². The molecule has 0 fully saturated rings. The monoisotopic (exact) mass is 435 g/mol. The Labute approximate surface area is 171 Å². The molecule has 0 bridgehead atoms. The summed E-state index contributed by atoms with van der Waals surface area (Å²) in [7, 11) is -1.25. The molecule has 0 saturated heterocycles. The summed E-state index contributed by atoms with van der Waals surface area (Å²) in [6, 6.07) is 11.8. The number of halogens is 1. The maximum atomic E-state index is 13.3. The predicted molar refractivity (Wildman–Crippen MR) is 108 cm³/mol. The van der Waals surface area contributed by atoms with E-state index in [1.807, 2.05) is 6.07 Å². The van der Waals surface area contributed by atoms with E-state index in [1.54, 1.807) is 12.3 Å². The summed E-state index contributed by atoms with van der Waals surface area (Å²) in [4.78, 5) is 22.2. The van der Waals surface area contributed by atoms with Crippen molar-refractivity contribution in [1.29, 1.82) is 0 Å². The molecular weight excluding hydrogens is 417 g/mol. The lowest BCUT2D eigenvalue weighted by Gasteiger charge is -2.14. The second-order valence-electron chi connectivity index (χ2n) is 6.01. The highest BCUT2D eigenvalue weighted by molar-refractivity contribution is 7.89. The van der Waals surface area contributed by atoms with E-state index in [4.69, 9.17) is 4.84 Å². The summed E-state index contributed by atoms with van der Waals surface area (Å²) in [6.45, 7) is 0. The zero-order valence-electron chi connectivity index (χ0n) is 15.6. The first-order chi connectivity index (χ1) is 13.8. The molecule has 0 aliphatic heterocycles. The number of amides is 1. The summed E-state index contributed by atoms with van der Waals surface area (Å²) >= 11 is 1.29. The number of hydroxylamine groups is 1. The minimum Gasteiger partial charge on any atom is -0.298 e. The quantitative estimate of drug-likeness (QED) is 0.575. The van der Waals surface area contributed by atoms with Gasteiger partial charge in [-0.2, -0.15) is 0 Å². The molecule has 0 saturated carbocycles. The van der Waals surface area contributed by atoms with Crippen molar-refractivity contribution < 1.29 is 22.4 Å². The van der Waals surface area contributed by atoms with Crippen molar-refractivity contribution in [3.8, 4) is 0 Å². The largest absolute Gasteiger partial charge is 0.298 e. The first-order valence-corrected chi connectivity index (χ1v) is 10.7. The fraction of sp³-hybridized carbons (Fsp3) is 0.158. The van der Waals surface area contributed by atoms with E-state index >= 15 is 0 Å². The predicted octanol–water partition coefficient (Wildman–Crippen LogP) is 3.31. The Morgan fingerprint density at radius 1 is 1.24 bits per heavy atom. The van der Waals surface area contributed by atoms with Crippen molar-refractivity contribution in [3.63, 3.8) is 0 Å². The number of rotatable bonds is 7. The van der Waals surface area contributed by atoms with Gasteiger partial charge in [0.15, 0.2) is 5.13 Å². The van der Waals surface area contributed by atoms with Gasteiger partial charge < -0.3 is 0 Å². The lowest BCUT2D eigenvalue weighted by Crippen LogP contribution is -2.25. The van der Waals surface area contributed by atoms with Crippen LogP contribution in [0.15, 0.2) is 59.6 Å². The number of anilines is 1. The topological polar surface area (TPSA) is 88.6 Å². The molecule has 1 N–H and O–H groups in total. The zero-order chi connectivity index (χ0) is 21.0. The molecule has 2 aromatic carbocycles. The molecule has 1 aromatic heterocycles. The lowest BCUT2D eigenvalue weighted by molar-refractivity contribution is -0.0258. The second-order valence-corrected chi connectivity index (χ2v) is 9.07. The van der Waals surface area contributed by atoms with Crippen LogP contribution >= 0.6 is 11.3 Å². The average molecular weight is 436 g/mol. The molecule has 1 heterocycles. The molecule has 152 valence electrons. The molecule has 3 rings (SSSR count). The van der Waals surface area contributed by atoms with Gasteiger partial charge in [-0.15, -0.1) is 11.3 Å². The highest BCUT2D eigenvalue weighted by atomic mass is 32.2. The zero-order valence-corrected chi connectivity index (χ0v) is 17.3. The van der Waals surface area contributed by atoms with Gasteiger partial charge in [0, 0.05) is 30.1 Å². The van der Waals surface area contributed by atoms with E-state index < -0.39 is 15.9 Å². The molecule has 0 aliphatic carbocycles. The summed E-state index contributed by atoms with van der Waals surface area (Å²) in [6.07, 6.45) is 2.13. The lowest BCUT2D eigenvalue weighted by atomic mass is 10.1. The van der Waals surface area contributed by atoms with Gasteiger partial charge in [0.25, 0.3) is 15.9 Å². The van der Waals surface area contributed by atoms with E-state index in [1.165, 1.54) is 61.9 Å². The van der Waals surface area contributed by atoms with Crippen LogP contribution in [-0.2, 0) is 21.3 Å². The first kappa shape index (κ1) is 21.1. The highest BCUT2D eigenvalue weighted by Gasteiger charge is 2.21. The third-order valence-corrected chi connectivity index (χ3v) is 6.66. The van der Waals surface area contributed by atoms with Crippen LogP contribution in [0.5, 0.6) is 0 Å². The van der Waals surface area contributed by atoms with Gasteiger partial charge in [-0.1, -0.05) is 16.6 Å². The van der Waals surface area contributed by atoms with E-state index in [-0.39, 0.29) is 16.3 Å². The van der Waals surface area contributed by atoms with Crippen LogP contribution < -0.4 is 5.32 Å². The summed E-state index contributed by atoms with van der Waals surface area (Å²) < 4.78 is 38.4. The molecule has 0 spiro atoms. The molecule has 0 unspecified atom stereocenters. The van der Waals surface area contributed by atoms with Crippen LogP contribution in [0.1, 0.15) is 20.8 Å². The minimum absolute atomic E-state index is 0.00466. The number of hydrogen-bond acceptors (Lipinski definition) is 6. The molecule has 0 radical (unpaired) electrons. The molecule has 29 heavy (non-hydrogen) atoms. The van der Waals surface area contributed by atoms with Crippen molar-refractivity contribution in [3.05, 3.63) is 76.5 Å². The van der Waals surface area contributed by atoms with E-state index in [9.17, 15) is 17.6 Å². The second kappa shape index (κ2) is 8.78. The van der Waals surface area contributed by atoms with Crippen molar-refractivity contribution in [2.45, 2.75) is 11.3 Å². The number of sulfonamides is 1. The standard InChI is InChI=1S/C19H18FN3O4S2/c1-23(27-2)29(25,26)17-8-6-14(7-9-17)18(24)22-19-21-12-16(28-19)11-13-4-3-5-15(20)10-13/h3-10,12H,11H2,1-2H3,(H,21,22,24). The van der Waals surface area contributed by atoms with Crippen LogP contribution in [-0.4, -0.2) is 37.9 Å². The smallest absolute Gasteiger partial charge is 0.264 e. The summed E-state index contributed by atoms with van der Waals surface area (Å²) in [5, 5.41) is 3.08. The van der Waals surface area contributed by atoms with E-state index in [2.05, 4.69) is 10.3 Å². The van der Waals surface area contributed by atoms with Gasteiger partial charge in [-0.05, 0) is 42.0 Å². The number of nitrogens with one attached hydrogen (secondary N) is 1. The Balaban J connectivity index is 1.67. The number of hydrogen-bond donors (Lipinski definition) is 1. The Kier molecular flexibility index (Phi) is 6.38. The average Bonchev–Trinajstić information content (AvgIpc) is 3.14. The Bertz CT molecular complexity index is 1110. The molecule has 1 amide bonds. The van der Waals surface area contributed by atoms with Crippen molar-refractivity contribution in [1.82, 2.24) is 9.45 Å². The van der Waals surface area contributed by atoms with Gasteiger partial charge in [0.2, 0.25) is 0 Å². The van der Waals surface area contributed by atoms with Gasteiger partial charge in [0.05, 0.1) is 12.0 Å². The normalized spacial score (nSPS) is 11.6. The first-order valence-electron chi connectivity index (χ1n) is 8.43. The maximum Gasteiger partial charge on any atom is 0.264 e. The number of benzene rings is 2. The number of aromatic nitrogens is 1. The third kappa shape index (κ3) is 5.04. The molecule has 3 aromatic rings. The third-order valence-electron chi connectivity index (χ3n) is 4.05. The molecule has 0 atom stereocenters. The molecule has 0 aliphatic rings. The molecule has 7 nitrogen and oxygen atoms in total. The fourth-order valence-corrected chi connectivity index (χ4v) is 4.30. The van der Waals surface area contributed by atoms with Crippen molar-refractivity contribution >= 4 is 32.4 Å².